The van der Waals surface area contributed by atoms with Crippen LogP contribution >= 0.6 is 0 Å². The SMILES string of the molecule is CC(C)OCCOCC(O)CNC(C)(C)C(C)(C)O. The molecule has 0 aliphatic heterocycles. The van der Waals surface area contributed by atoms with Crippen molar-refractivity contribution < 1.29 is 19.7 Å². The Hall–Kier alpha value is -0.200. The fraction of sp³-hybridized carbons (Fsp3) is 1.00. The number of rotatable bonds is 10. The normalized spacial score (nSPS) is 15.0. The summed E-state index contributed by atoms with van der Waals surface area (Å²) in [6.45, 7) is 12.9. The van der Waals surface area contributed by atoms with Crippen LogP contribution in [0.5, 0.6) is 0 Å². The highest BCUT2D eigenvalue weighted by Crippen LogP contribution is 2.20. The summed E-state index contributed by atoms with van der Waals surface area (Å²) in [6, 6.07) is 0. The van der Waals surface area contributed by atoms with Crippen molar-refractivity contribution in [3.8, 4) is 0 Å². The number of hydrogen-bond acceptors (Lipinski definition) is 5. The van der Waals surface area contributed by atoms with Crippen LogP contribution in [0.2, 0.25) is 0 Å². The highest BCUT2D eigenvalue weighted by Gasteiger charge is 2.34. The molecule has 0 aromatic heterocycles. The molecule has 5 nitrogen and oxygen atoms in total. The zero-order valence-corrected chi connectivity index (χ0v) is 13.2. The van der Waals surface area contributed by atoms with Gasteiger partial charge in [-0.2, -0.15) is 0 Å². The highest BCUT2D eigenvalue weighted by atomic mass is 16.5. The third kappa shape index (κ3) is 8.55. The number of aliphatic hydroxyl groups excluding tert-OH is 1. The smallest absolute Gasteiger partial charge is 0.0897 e. The minimum atomic E-state index is -0.862. The van der Waals surface area contributed by atoms with Crippen LogP contribution in [0.4, 0.5) is 0 Å². The number of β-amino-alcohol motifs (C(OH)–C–C–N with tert-alkyl or cyclic N) is 1. The Morgan fingerprint density at radius 1 is 1.11 bits per heavy atom. The Morgan fingerprint density at radius 3 is 2.16 bits per heavy atom. The van der Waals surface area contributed by atoms with E-state index in [2.05, 4.69) is 5.32 Å². The molecule has 5 heteroatoms. The summed E-state index contributed by atoms with van der Waals surface area (Å²) in [5.74, 6) is 0. The van der Waals surface area contributed by atoms with Crippen LogP contribution in [0.25, 0.3) is 0 Å². The second-order valence-electron chi connectivity index (χ2n) is 6.21. The lowest BCUT2D eigenvalue weighted by Crippen LogP contribution is -2.57. The second-order valence-corrected chi connectivity index (χ2v) is 6.21. The van der Waals surface area contributed by atoms with E-state index in [0.717, 1.165) is 0 Å². The molecule has 19 heavy (non-hydrogen) atoms. The average molecular weight is 277 g/mol. The standard InChI is InChI=1S/C14H31NO4/c1-11(2)19-8-7-18-10-12(16)9-15-13(3,4)14(5,6)17/h11-12,15-17H,7-10H2,1-6H3. The summed E-state index contributed by atoms with van der Waals surface area (Å²) in [6.07, 6.45) is -0.400. The van der Waals surface area contributed by atoms with Crippen molar-refractivity contribution in [3.63, 3.8) is 0 Å². The van der Waals surface area contributed by atoms with Gasteiger partial charge in [0.25, 0.3) is 0 Å². The van der Waals surface area contributed by atoms with Gasteiger partial charge in [-0.15, -0.1) is 0 Å². The average Bonchev–Trinajstić information content (AvgIpc) is 2.24. The molecule has 0 spiro atoms. The summed E-state index contributed by atoms with van der Waals surface area (Å²) < 4.78 is 10.6. The van der Waals surface area contributed by atoms with Crippen LogP contribution in [0.1, 0.15) is 41.5 Å². The number of hydrogen-bond donors (Lipinski definition) is 3. The predicted octanol–water partition coefficient (Wildman–Crippen LogP) is 0.928. The summed E-state index contributed by atoms with van der Waals surface area (Å²) in [4.78, 5) is 0. The zero-order chi connectivity index (χ0) is 15.1. The zero-order valence-electron chi connectivity index (χ0n) is 13.2. The Morgan fingerprint density at radius 2 is 1.68 bits per heavy atom. The molecule has 0 amide bonds. The summed E-state index contributed by atoms with van der Waals surface area (Å²) in [5.41, 5.74) is -1.34. The predicted molar refractivity (Wildman–Crippen MR) is 76.3 cm³/mol. The lowest BCUT2D eigenvalue weighted by atomic mass is 9.86. The Balaban J connectivity index is 3.73. The van der Waals surface area contributed by atoms with Crippen LogP contribution < -0.4 is 5.32 Å². The molecular formula is C14H31NO4. The van der Waals surface area contributed by atoms with Gasteiger partial charge in [0, 0.05) is 12.1 Å². The maximum absolute atomic E-state index is 9.96. The fourth-order valence-corrected chi connectivity index (χ4v) is 1.21. The van der Waals surface area contributed by atoms with Gasteiger partial charge in [-0.1, -0.05) is 0 Å². The molecule has 0 rings (SSSR count). The van der Waals surface area contributed by atoms with Crippen molar-refractivity contribution in [2.24, 2.45) is 0 Å². The van der Waals surface area contributed by atoms with Gasteiger partial charge < -0.3 is 25.0 Å². The van der Waals surface area contributed by atoms with E-state index < -0.39 is 17.2 Å². The molecule has 0 aromatic rings. The molecule has 0 fully saturated rings. The van der Waals surface area contributed by atoms with E-state index in [1.54, 1.807) is 13.8 Å². The minimum absolute atomic E-state index is 0.197. The van der Waals surface area contributed by atoms with Gasteiger partial charge in [0.05, 0.1) is 37.6 Å². The van der Waals surface area contributed by atoms with Gasteiger partial charge in [0.2, 0.25) is 0 Å². The van der Waals surface area contributed by atoms with E-state index in [1.165, 1.54) is 0 Å². The maximum Gasteiger partial charge on any atom is 0.0897 e. The maximum atomic E-state index is 9.96. The summed E-state index contributed by atoms with van der Waals surface area (Å²) >= 11 is 0. The van der Waals surface area contributed by atoms with Gasteiger partial charge in [-0.3, -0.25) is 0 Å². The number of nitrogens with one attached hydrogen (secondary N) is 1. The van der Waals surface area contributed by atoms with Crippen LogP contribution in [-0.2, 0) is 9.47 Å². The van der Waals surface area contributed by atoms with Gasteiger partial charge >= 0.3 is 0 Å². The van der Waals surface area contributed by atoms with Crippen LogP contribution in [0.3, 0.4) is 0 Å². The third-order valence-corrected chi connectivity index (χ3v) is 3.30. The Bertz CT molecular complexity index is 236. The second kappa shape index (κ2) is 8.17. The summed E-state index contributed by atoms with van der Waals surface area (Å²) in [5, 5.41) is 22.9. The molecule has 3 N–H and O–H groups in total. The van der Waals surface area contributed by atoms with Crippen molar-refractivity contribution in [2.75, 3.05) is 26.4 Å². The van der Waals surface area contributed by atoms with E-state index in [0.29, 0.717) is 19.8 Å². The molecule has 1 atom stereocenters. The molecule has 0 bridgehead atoms. The van der Waals surface area contributed by atoms with E-state index in [9.17, 15) is 10.2 Å². The summed E-state index contributed by atoms with van der Waals surface area (Å²) in [7, 11) is 0. The van der Waals surface area contributed by atoms with Crippen molar-refractivity contribution in [1.29, 1.82) is 0 Å². The molecule has 0 saturated carbocycles. The first-order valence-corrected chi connectivity index (χ1v) is 6.91. The molecule has 1 unspecified atom stereocenters. The first kappa shape index (κ1) is 18.8. The Labute approximate surface area is 117 Å². The molecule has 0 heterocycles. The van der Waals surface area contributed by atoms with E-state index >= 15 is 0 Å². The third-order valence-electron chi connectivity index (χ3n) is 3.30. The molecule has 0 aliphatic rings. The quantitative estimate of drug-likeness (QED) is 0.518. The van der Waals surface area contributed by atoms with Crippen LogP contribution in [0.15, 0.2) is 0 Å². The van der Waals surface area contributed by atoms with Crippen molar-refractivity contribution in [1.82, 2.24) is 5.32 Å². The fourth-order valence-electron chi connectivity index (χ4n) is 1.21. The van der Waals surface area contributed by atoms with Crippen molar-refractivity contribution in [2.45, 2.75) is 64.9 Å². The molecule has 0 radical (unpaired) electrons. The molecule has 0 aliphatic carbocycles. The number of aliphatic hydroxyl groups is 2. The first-order chi connectivity index (χ1) is 8.56. The molecule has 0 saturated heterocycles. The largest absolute Gasteiger partial charge is 0.389 e. The monoisotopic (exact) mass is 277 g/mol. The molecule has 116 valence electrons. The van der Waals surface area contributed by atoms with Crippen molar-refractivity contribution in [3.05, 3.63) is 0 Å². The number of ether oxygens (including phenoxy) is 2. The topological polar surface area (TPSA) is 71.0 Å². The first-order valence-electron chi connectivity index (χ1n) is 6.91. The van der Waals surface area contributed by atoms with E-state index in [1.807, 2.05) is 27.7 Å². The Kier molecular flexibility index (Phi) is 8.08. The van der Waals surface area contributed by atoms with E-state index in [4.69, 9.17) is 9.47 Å². The van der Waals surface area contributed by atoms with E-state index in [-0.39, 0.29) is 12.7 Å². The lowest BCUT2D eigenvalue weighted by molar-refractivity contribution is -0.0271. The van der Waals surface area contributed by atoms with Gasteiger partial charge in [-0.25, -0.2) is 0 Å². The van der Waals surface area contributed by atoms with Gasteiger partial charge in [0.1, 0.15) is 0 Å². The minimum Gasteiger partial charge on any atom is -0.389 e. The molecule has 0 aromatic carbocycles. The van der Waals surface area contributed by atoms with Crippen LogP contribution in [0, 0.1) is 0 Å². The lowest BCUT2D eigenvalue weighted by Gasteiger charge is -2.38. The van der Waals surface area contributed by atoms with Gasteiger partial charge in [0.15, 0.2) is 0 Å². The highest BCUT2D eigenvalue weighted by molar-refractivity contribution is 4.93. The van der Waals surface area contributed by atoms with Crippen LogP contribution in [-0.4, -0.2) is 59.9 Å². The van der Waals surface area contributed by atoms with Crippen molar-refractivity contribution >= 4 is 0 Å². The molecular weight excluding hydrogens is 246 g/mol. The van der Waals surface area contributed by atoms with Gasteiger partial charge in [-0.05, 0) is 41.5 Å².